The maximum atomic E-state index is 12.9. The van der Waals surface area contributed by atoms with Crippen LogP contribution in [0.25, 0.3) is 32.7 Å². The molecule has 0 atom stereocenters. The molecular weight excluding hydrogens is 450 g/mol. The molecule has 0 aliphatic carbocycles. The topological polar surface area (TPSA) is 76.5 Å². The number of aryl methyl sites for hydroxylation is 1. The van der Waals surface area contributed by atoms with Crippen molar-refractivity contribution in [2.75, 3.05) is 0 Å². The summed E-state index contributed by atoms with van der Waals surface area (Å²) in [5.74, 6) is 2.02. The average molecular weight is 474 g/mol. The molecule has 0 saturated heterocycles. The molecule has 0 bridgehead atoms. The van der Waals surface area contributed by atoms with Gasteiger partial charge in [0, 0.05) is 23.1 Å². The van der Waals surface area contributed by atoms with Gasteiger partial charge in [-0.25, -0.2) is 4.98 Å². The number of fused-ring (bicyclic) bond motifs is 1. The predicted octanol–water partition coefficient (Wildman–Crippen LogP) is 5.92. The van der Waals surface area contributed by atoms with Gasteiger partial charge >= 0.3 is 0 Å². The zero-order chi connectivity index (χ0) is 22.8. The van der Waals surface area contributed by atoms with Gasteiger partial charge in [-0.15, -0.1) is 21.5 Å². The standard InChI is InChI=1S/C25H23N5OS2/c1-3-12-30-22(18-11-7-8-16(2)13-18)28-29-25(30)33-15-20-26-23(31)21-19(14-32-24(21)27-20)17-9-5-4-6-10-17/h4-11,13-14H,3,12,15H2,1-2H3,(H,26,27,31). The van der Waals surface area contributed by atoms with Crippen molar-refractivity contribution in [1.82, 2.24) is 24.7 Å². The van der Waals surface area contributed by atoms with Crippen LogP contribution in [0.1, 0.15) is 24.7 Å². The van der Waals surface area contributed by atoms with Gasteiger partial charge in [-0.1, -0.05) is 72.8 Å². The van der Waals surface area contributed by atoms with E-state index in [1.54, 1.807) is 11.8 Å². The van der Waals surface area contributed by atoms with Crippen molar-refractivity contribution in [3.05, 3.63) is 81.7 Å². The Morgan fingerprint density at radius 3 is 2.67 bits per heavy atom. The van der Waals surface area contributed by atoms with E-state index in [1.807, 2.05) is 41.8 Å². The summed E-state index contributed by atoms with van der Waals surface area (Å²) in [4.78, 5) is 21.4. The van der Waals surface area contributed by atoms with Gasteiger partial charge in [-0.2, -0.15) is 0 Å². The van der Waals surface area contributed by atoms with Gasteiger partial charge < -0.3 is 9.55 Å². The Morgan fingerprint density at radius 2 is 1.88 bits per heavy atom. The molecule has 8 heteroatoms. The van der Waals surface area contributed by atoms with E-state index < -0.39 is 0 Å². The van der Waals surface area contributed by atoms with E-state index in [2.05, 4.69) is 51.8 Å². The molecule has 5 aromatic rings. The van der Waals surface area contributed by atoms with E-state index in [9.17, 15) is 4.79 Å². The third-order valence-electron chi connectivity index (χ3n) is 5.36. The molecule has 0 saturated carbocycles. The molecule has 0 aliphatic heterocycles. The van der Waals surface area contributed by atoms with Crippen LogP contribution in [0.3, 0.4) is 0 Å². The molecule has 3 heterocycles. The highest BCUT2D eigenvalue weighted by Gasteiger charge is 2.16. The molecule has 0 amide bonds. The van der Waals surface area contributed by atoms with Crippen molar-refractivity contribution in [3.63, 3.8) is 0 Å². The number of hydrogen-bond acceptors (Lipinski definition) is 6. The van der Waals surface area contributed by atoms with E-state index in [1.165, 1.54) is 16.9 Å². The van der Waals surface area contributed by atoms with Crippen LogP contribution in [0, 0.1) is 6.92 Å². The highest BCUT2D eigenvalue weighted by molar-refractivity contribution is 7.98. The van der Waals surface area contributed by atoms with Crippen molar-refractivity contribution in [2.45, 2.75) is 37.7 Å². The van der Waals surface area contributed by atoms with Crippen molar-refractivity contribution in [2.24, 2.45) is 0 Å². The fourth-order valence-electron chi connectivity index (χ4n) is 3.84. The lowest BCUT2D eigenvalue weighted by Gasteiger charge is -2.09. The Labute approximate surface area is 199 Å². The lowest BCUT2D eigenvalue weighted by atomic mass is 10.1. The van der Waals surface area contributed by atoms with Crippen LogP contribution in [0.2, 0.25) is 0 Å². The minimum absolute atomic E-state index is 0.105. The zero-order valence-corrected chi connectivity index (χ0v) is 20.0. The number of benzene rings is 2. The van der Waals surface area contributed by atoms with Crippen molar-refractivity contribution >= 4 is 33.3 Å². The summed E-state index contributed by atoms with van der Waals surface area (Å²) in [7, 11) is 0. The third kappa shape index (κ3) is 4.36. The molecule has 5 rings (SSSR count). The molecular formula is C25H23N5OS2. The fraction of sp³-hybridized carbons (Fsp3) is 0.200. The van der Waals surface area contributed by atoms with Crippen LogP contribution in [0.4, 0.5) is 0 Å². The Bertz CT molecular complexity index is 1470. The highest BCUT2D eigenvalue weighted by Crippen LogP contribution is 2.31. The Kier molecular flexibility index (Phi) is 6.11. The van der Waals surface area contributed by atoms with E-state index in [-0.39, 0.29) is 5.56 Å². The number of thiophene rings is 1. The van der Waals surface area contributed by atoms with Crippen LogP contribution in [-0.4, -0.2) is 24.7 Å². The minimum atomic E-state index is -0.105. The number of nitrogens with zero attached hydrogens (tertiary/aromatic N) is 4. The van der Waals surface area contributed by atoms with Crippen LogP contribution in [-0.2, 0) is 12.3 Å². The predicted molar refractivity (Wildman–Crippen MR) is 136 cm³/mol. The van der Waals surface area contributed by atoms with E-state index in [0.29, 0.717) is 17.0 Å². The van der Waals surface area contributed by atoms with Gasteiger partial charge in [0.05, 0.1) is 11.1 Å². The van der Waals surface area contributed by atoms with Crippen LogP contribution < -0.4 is 5.56 Å². The van der Waals surface area contributed by atoms with E-state index in [0.717, 1.165) is 45.5 Å². The third-order valence-corrected chi connectivity index (χ3v) is 7.21. The monoisotopic (exact) mass is 473 g/mol. The van der Waals surface area contributed by atoms with Crippen molar-refractivity contribution in [1.29, 1.82) is 0 Å². The average Bonchev–Trinajstić information content (AvgIpc) is 3.43. The quantitative estimate of drug-likeness (QED) is 0.297. The second-order valence-electron chi connectivity index (χ2n) is 7.82. The first-order valence-electron chi connectivity index (χ1n) is 10.8. The molecule has 0 aliphatic rings. The Balaban J connectivity index is 1.43. The molecule has 0 fully saturated rings. The van der Waals surface area contributed by atoms with Gasteiger partial charge in [0.15, 0.2) is 11.0 Å². The molecule has 0 radical (unpaired) electrons. The summed E-state index contributed by atoms with van der Waals surface area (Å²) in [5.41, 5.74) is 4.09. The number of aromatic nitrogens is 5. The van der Waals surface area contributed by atoms with Gasteiger partial charge in [-0.3, -0.25) is 4.79 Å². The fourth-order valence-corrected chi connectivity index (χ4v) is 5.64. The number of thioether (sulfide) groups is 1. The van der Waals surface area contributed by atoms with Gasteiger partial charge in [-0.05, 0) is 25.0 Å². The number of nitrogens with one attached hydrogen (secondary N) is 1. The maximum Gasteiger partial charge on any atom is 0.260 e. The largest absolute Gasteiger partial charge is 0.309 e. The first-order valence-corrected chi connectivity index (χ1v) is 12.7. The van der Waals surface area contributed by atoms with Gasteiger partial charge in [0.25, 0.3) is 5.56 Å². The number of aromatic amines is 1. The smallest absolute Gasteiger partial charge is 0.260 e. The second-order valence-corrected chi connectivity index (χ2v) is 9.62. The Hall–Kier alpha value is -3.23. The SMILES string of the molecule is CCCn1c(SCc2nc3scc(-c4ccccc4)c3c(=O)[nH]2)nnc1-c1cccc(C)c1. The summed E-state index contributed by atoms with van der Waals surface area (Å²) in [6.07, 6.45) is 0.975. The summed E-state index contributed by atoms with van der Waals surface area (Å²) >= 11 is 3.04. The van der Waals surface area contributed by atoms with Crippen LogP contribution in [0.5, 0.6) is 0 Å². The number of hydrogen-bond donors (Lipinski definition) is 1. The molecule has 1 N–H and O–H groups in total. The van der Waals surface area contributed by atoms with E-state index >= 15 is 0 Å². The van der Waals surface area contributed by atoms with Gasteiger partial charge in [0.2, 0.25) is 0 Å². The summed E-state index contributed by atoms with van der Waals surface area (Å²) in [6, 6.07) is 18.2. The van der Waals surface area contributed by atoms with Crippen molar-refractivity contribution < 1.29 is 0 Å². The lowest BCUT2D eigenvalue weighted by molar-refractivity contribution is 0.626. The summed E-state index contributed by atoms with van der Waals surface area (Å²) in [5, 5.41) is 12.4. The molecule has 0 unspecified atom stereocenters. The number of rotatable bonds is 7. The van der Waals surface area contributed by atoms with Crippen molar-refractivity contribution in [3.8, 4) is 22.5 Å². The molecule has 0 spiro atoms. The molecule has 33 heavy (non-hydrogen) atoms. The van der Waals surface area contributed by atoms with Crippen LogP contribution in [0.15, 0.2) is 69.9 Å². The van der Waals surface area contributed by atoms with E-state index in [4.69, 9.17) is 4.98 Å². The summed E-state index contributed by atoms with van der Waals surface area (Å²) < 4.78 is 2.15. The molecule has 2 aromatic carbocycles. The number of H-pyrrole nitrogens is 1. The second kappa shape index (κ2) is 9.33. The lowest BCUT2D eigenvalue weighted by Crippen LogP contribution is -2.11. The highest BCUT2D eigenvalue weighted by atomic mass is 32.2. The van der Waals surface area contributed by atoms with Crippen LogP contribution >= 0.6 is 23.1 Å². The summed E-state index contributed by atoms with van der Waals surface area (Å²) in [6.45, 7) is 5.04. The van der Waals surface area contributed by atoms with Gasteiger partial charge in [0.1, 0.15) is 10.7 Å². The Morgan fingerprint density at radius 1 is 1.06 bits per heavy atom. The zero-order valence-electron chi connectivity index (χ0n) is 18.4. The molecule has 6 nitrogen and oxygen atoms in total. The molecule has 3 aromatic heterocycles. The molecule has 166 valence electrons. The minimum Gasteiger partial charge on any atom is -0.309 e. The first-order chi connectivity index (χ1) is 16.1. The first kappa shape index (κ1) is 21.6. The maximum absolute atomic E-state index is 12.9. The normalized spacial score (nSPS) is 11.3.